The molecule has 0 aliphatic carbocycles. The van der Waals surface area contributed by atoms with E-state index in [-0.39, 0.29) is 17.2 Å². The van der Waals surface area contributed by atoms with Crippen molar-refractivity contribution in [2.75, 3.05) is 13.2 Å². The highest BCUT2D eigenvalue weighted by Gasteiger charge is 2.37. The summed E-state index contributed by atoms with van der Waals surface area (Å²) in [6.07, 6.45) is 1.36. The molecule has 29 heavy (non-hydrogen) atoms. The van der Waals surface area contributed by atoms with Gasteiger partial charge in [-0.15, -0.1) is 0 Å². The van der Waals surface area contributed by atoms with Gasteiger partial charge >= 0.3 is 0 Å². The largest absolute Gasteiger partial charge is 0.389 e. The van der Waals surface area contributed by atoms with Crippen molar-refractivity contribution in [2.24, 2.45) is 0 Å². The number of benzene rings is 2. The first-order chi connectivity index (χ1) is 13.7. The molecule has 3 rings (SSSR count). The Morgan fingerprint density at radius 2 is 1.41 bits per heavy atom. The van der Waals surface area contributed by atoms with Crippen LogP contribution in [0.25, 0.3) is 0 Å². The minimum absolute atomic E-state index is 0.0899. The van der Waals surface area contributed by atoms with Gasteiger partial charge in [0.1, 0.15) is 6.10 Å². The van der Waals surface area contributed by atoms with Gasteiger partial charge in [0, 0.05) is 23.7 Å². The van der Waals surface area contributed by atoms with E-state index < -0.39 is 6.10 Å². The maximum atomic E-state index is 10.6. The number of ether oxygens (including phenoxy) is 1. The monoisotopic (exact) mass is 396 g/mol. The molecule has 1 atom stereocenters. The molecule has 2 aromatic carbocycles. The molecule has 3 N–H and O–H groups in total. The fourth-order valence-corrected chi connectivity index (χ4v) is 4.68. The van der Waals surface area contributed by atoms with E-state index in [1.54, 1.807) is 0 Å². The Balaban J connectivity index is 1.56. The SMILES string of the molecule is CC1(C)CC(NCC(O)COC(c2ccccc2)c2ccccc2)CC(C)(C)N1. The van der Waals surface area contributed by atoms with Crippen LogP contribution in [0.5, 0.6) is 0 Å². The van der Waals surface area contributed by atoms with Crippen molar-refractivity contribution in [2.45, 2.75) is 69.9 Å². The van der Waals surface area contributed by atoms with Gasteiger partial charge in [0.15, 0.2) is 0 Å². The minimum Gasteiger partial charge on any atom is -0.389 e. The summed E-state index contributed by atoms with van der Waals surface area (Å²) in [6.45, 7) is 9.80. The molecule has 0 amide bonds. The lowest BCUT2D eigenvalue weighted by atomic mass is 9.79. The highest BCUT2D eigenvalue weighted by Crippen LogP contribution is 2.29. The van der Waals surface area contributed by atoms with Crippen molar-refractivity contribution >= 4 is 0 Å². The van der Waals surface area contributed by atoms with E-state index in [0.29, 0.717) is 19.2 Å². The van der Waals surface area contributed by atoms with Gasteiger partial charge in [-0.05, 0) is 51.7 Å². The van der Waals surface area contributed by atoms with Gasteiger partial charge in [-0.1, -0.05) is 60.7 Å². The molecule has 1 saturated heterocycles. The Hall–Kier alpha value is -1.72. The molecule has 1 aliphatic heterocycles. The molecule has 4 heteroatoms. The van der Waals surface area contributed by atoms with Crippen molar-refractivity contribution < 1.29 is 9.84 Å². The lowest BCUT2D eigenvalue weighted by Crippen LogP contribution is -2.62. The van der Waals surface area contributed by atoms with Crippen LogP contribution >= 0.6 is 0 Å². The van der Waals surface area contributed by atoms with Gasteiger partial charge < -0.3 is 20.5 Å². The number of hydrogen-bond donors (Lipinski definition) is 3. The first-order valence-electron chi connectivity index (χ1n) is 10.7. The van der Waals surface area contributed by atoms with Crippen molar-refractivity contribution in [3.8, 4) is 0 Å². The van der Waals surface area contributed by atoms with Crippen LogP contribution in [-0.2, 0) is 4.74 Å². The van der Waals surface area contributed by atoms with Crippen LogP contribution in [-0.4, -0.2) is 41.5 Å². The number of aliphatic hydroxyl groups is 1. The van der Waals surface area contributed by atoms with Crippen LogP contribution in [0, 0.1) is 0 Å². The van der Waals surface area contributed by atoms with E-state index in [1.165, 1.54) is 0 Å². The minimum atomic E-state index is -0.550. The topological polar surface area (TPSA) is 53.5 Å². The molecular weight excluding hydrogens is 360 g/mol. The summed E-state index contributed by atoms with van der Waals surface area (Å²) < 4.78 is 6.20. The zero-order valence-corrected chi connectivity index (χ0v) is 18.2. The van der Waals surface area contributed by atoms with E-state index in [4.69, 9.17) is 4.74 Å². The Kier molecular flexibility index (Phi) is 7.12. The zero-order valence-electron chi connectivity index (χ0n) is 18.2. The number of hydrogen-bond acceptors (Lipinski definition) is 4. The first kappa shape index (κ1) is 22.0. The van der Waals surface area contributed by atoms with E-state index in [1.807, 2.05) is 36.4 Å². The van der Waals surface area contributed by atoms with Crippen LogP contribution in [0.15, 0.2) is 60.7 Å². The van der Waals surface area contributed by atoms with Crippen molar-refractivity contribution in [3.05, 3.63) is 71.8 Å². The zero-order chi connectivity index (χ0) is 20.9. The summed E-state index contributed by atoms with van der Waals surface area (Å²) in [4.78, 5) is 0. The van der Waals surface area contributed by atoms with Gasteiger partial charge in [0.25, 0.3) is 0 Å². The van der Waals surface area contributed by atoms with Gasteiger partial charge in [0.2, 0.25) is 0 Å². The van der Waals surface area contributed by atoms with Crippen LogP contribution in [0.4, 0.5) is 0 Å². The third-order valence-corrected chi connectivity index (χ3v) is 5.49. The predicted molar refractivity (Wildman–Crippen MR) is 119 cm³/mol. The summed E-state index contributed by atoms with van der Waals surface area (Å²) in [7, 11) is 0. The van der Waals surface area contributed by atoms with Crippen molar-refractivity contribution in [1.29, 1.82) is 0 Å². The number of nitrogens with one attached hydrogen (secondary N) is 2. The van der Waals surface area contributed by atoms with Crippen LogP contribution in [0.3, 0.4) is 0 Å². The molecule has 1 heterocycles. The number of piperidine rings is 1. The molecule has 1 fully saturated rings. The highest BCUT2D eigenvalue weighted by molar-refractivity contribution is 5.29. The quantitative estimate of drug-likeness (QED) is 0.630. The van der Waals surface area contributed by atoms with E-state index in [9.17, 15) is 5.11 Å². The molecular formula is C25H36N2O2. The average Bonchev–Trinajstić information content (AvgIpc) is 2.66. The third-order valence-electron chi connectivity index (χ3n) is 5.49. The fourth-order valence-electron chi connectivity index (χ4n) is 4.68. The average molecular weight is 397 g/mol. The Morgan fingerprint density at radius 3 is 1.90 bits per heavy atom. The lowest BCUT2D eigenvalue weighted by Gasteiger charge is -2.47. The molecule has 0 radical (unpaired) electrons. The highest BCUT2D eigenvalue weighted by atomic mass is 16.5. The van der Waals surface area contributed by atoms with Crippen LogP contribution < -0.4 is 10.6 Å². The van der Waals surface area contributed by atoms with Gasteiger partial charge in [0.05, 0.1) is 12.7 Å². The number of aliphatic hydroxyl groups excluding tert-OH is 1. The molecule has 0 saturated carbocycles. The summed E-state index contributed by atoms with van der Waals surface area (Å²) in [6, 6.07) is 20.8. The fraction of sp³-hybridized carbons (Fsp3) is 0.520. The van der Waals surface area contributed by atoms with Gasteiger partial charge in [-0.3, -0.25) is 0 Å². The Bertz CT molecular complexity index is 690. The third kappa shape index (κ3) is 6.65. The second kappa shape index (κ2) is 9.40. The summed E-state index contributed by atoms with van der Waals surface area (Å²) in [5.74, 6) is 0. The Morgan fingerprint density at radius 1 is 0.931 bits per heavy atom. The predicted octanol–water partition coefficient (Wildman–Crippen LogP) is 4.05. The molecule has 158 valence electrons. The lowest BCUT2D eigenvalue weighted by molar-refractivity contribution is 0.00380. The molecule has 4 nitrogen and oxygen atoms in total. The molecule has 0 spiro atoms. The first-order valence-corrected chi connectivity index (χ1v) is 10.7. The van der Waals surface area contributed by atoms with E-state index in [0.717, 1.165) is 24.0 Å². The van der Waals surface area contributed by atoms with Crippen molar-refractivity contribution in [1.82, 2.24) is 10.6 Å². The smallest absolute Gasteiger partial charge is 0.108 e. The summed E-state index contributed by atoms with van der Waals surface area (Å²) >= 11 is 0. The van der Waals surface area contributed by atoms with Crippen LogP contribution in [0.2, 0.25) is 0 Å². The van der Waals surface area contributed by atoms with E-state index >= 15 is 0 Å². The second-order valence-electron chi connectivity index (χ2n) is 9.59. The Labute approximate surface area is 175 Å². The molecule has 1 aliphatic rings. The van der Waals surface area contributed by atoms with Gasteiger partial charge in [-0.25, -0.2) is 0 Å². The van der Waals surface area contributed by atoms with Gasteiger partial charge in [-0.2, -0.15) is 0 Å². The number of rotatable bonds is 8. The normalized spacial score (nSPS) is 19.9. The second-order valence-corrected chi connectivity index (χ2v) is 9.59. The molecule has 1 unspecified atom stereocenters. The standard InChI is InChI=1S/C25H36N2O2/c1-24(2)15-21(16-25(3,4)27-24)26-17-22(28)18-29-23(19-11-7-5-8-12-19)20-13-9-6-10-14-20/h5-14,21-23,26-28H,15-18H2,1-4H3. The molecule has 0 bridgehead atoms. The summed E-state index contributed by atoms with van der Waals surface area (Å²) in [5.41, 5.74) is 2.38. The maximum Gasteiger partial charge on any atom is 0.108 e. The van der Waals surface area contributed by atoms with E-state index in [2.05, 4.69) is 62.6 Å². The maximum absolute atomic E-state index is 10.6. The molecule has 0 aromatic heterocycles. The van der Waals surface area contributed by atoms with Crippen LogP contribution in [0.1, 0.15) is 57.8 Å². The summed E-state index contributed by atoms with van der Waals surface area (Å²) in [5, 5.41) is 17.8. The van der Waals surface area contributed by atoms with Crippen molar-refractivity contribution in [3.63, 3.8) is 0 Å². The molecule has 2 aromatic rings.